The maximum absolute atomic E-state index is 12.0. The van der Waals surface area contributed by atoms with Crippen LogP contribution in [0.1, 0.15) is 48.5 Å². The molecular weight excluding hydrogens is 469 g/mol. The standard InChI is InChI=1S/C26H25Cl2N5O/c1-14(2)11-30-25-26-31-12-23(16-5-7-18(24(29)34)20(9-16)15-3-4-15)33(26)13-22(32-25)19-8-6-17(27)10-21(19)28/h5-10,12-15H,3-4,11H2,1-2H3,(H2,29,34)(H,30,32). The zero-order chi connectivity index (χ0) is 24.0. The molecule has 0 aliphatic heterocycles. The first kappa shape index (κ1) is 22.7. The molecule has 6 nitrogen and oxygen atoms in total. The van der Waals surface area contributed by atoms with Gasteiger partial charge in [-0.25, -0.2) is 9.97 Å². The summed E-state index contributed by atoms with van der Waals surface area (Å²) in [6.45, 7) is 5.03. The van der Waals surface area contributed by atoms with E-state index >= 15 is 0 Å². The van der Waals surface area contributed by atoms with Crippen LogP contribution in [0.4, 0.5) is 5.82 Å². The Bertz CT molecular complexity index is 1410. The predicted molar refractivity (Wildman–Crippen MR) is 138 cm³/mol. The fraction of sp³-hybridized carbons (Fsp3) is 0.269. The number of primary amides is 1. The minimum atomic E-state index is -0.393. The van der Waals surface area contributed by atoms with Crippen LogP contribution in [0.2, 0.25) is 10.0 Å². The number of aromatic nitrogens is 3. The summed E-state index contributed by atoms with van der Waals surface area (Å²) in [4.78, 5) is 21.5. The van der Waals surface area contributed by atoms with Crippen molar-refractivity contribution in [2.45, 2.75) is 32.6 Å². The molecule has 1 fully saturated rings. The number of fused-ring (bicyclic) bond motifs is 1. The highest BCUT2D eigenvalue weighted by molar-refractivity contribution is 6.36. The van der Waals surface area contributed by atoms with Crippen molar-refractivity contribution in [1.29, 1.82) is 0 Å². The van der Waals surface area contributed by atoms with Gasteiger partial charge in [0.2, 0.25) is 5.91 Å². The molecule has 1 aliphatic carbocycles. The molecule has 8 heteroatoms. The van der Waals surface area contributed by atoms with E-state index in [4.69, 9.17) is 33.9 Å². The maximum atomic E-state index is 12.0. The van der Waals surface area contributed by atoms with Gasteiger partial charge in [-0.2, -0.15) is 0 Å². The number of rotatable bonds is 7. The Kier molecular flexibility index (Phi) is 5.96. The fourth-order valence-electron chi connectivity index (χ4n) is 4.13. The summed E-state index contributed by atoms with van der Waals surface area (Å²) in [5.41, 5.74) is 11.3. The molecule has 1 aliphatic rings. The number of benzene rings is 2. The van der Waals surface area contributed by atoms with Gasteiger partial charge in [-0.15, -0.1) is 0 Å². The lowest BCUT2D eigenvalue weighted by atomic mass is 9.98. The Morgan fingerprint density at radius 3 is 2.68 bits per heavy atom. The van der Waals surface area contributed by atoms with Crippen molar-refractivity contribution >= 4 is 40.6 Å². The van der Waals surface area contributed by atoms with Crippen LogP contribution >= 0.6 is 23.2 Å². The summed E-state index contributed by atoms with van der Waals surface area (Å²) in [5.74, 6) is 1.10. The molecule has 3 N–H and O–H groups in total. The lowest BCUT2D eigenvalue weighted by Crippen LogP contribution is -2.13. The highest BCUT2D eigenvalue weighted by atomic mass is 35.5. The van der Waals surface area contributed by atoms with E-state index in [2.05, 4.69) is 30.2 Å². The second-order valence-corrected chi connectivity index (χ2v) is 9.99. The minimum Gasteiger partial charge on any atom is -0.367 e. The van der Waals surface area contributed by atoms with Crippen molar-refractivity contribution in [2.24, 2.45) is 11.7 Å². The molecule has 5 rings (SSSR count). The summed E-state index contributed by atoms with van der Waals surface area (Å²) < 4.78 is 2.02. The molecule has 0 saturated heterocycles. The van der Waals surface area contributed by atoms with Crippen LogP contribution in [0, 0.1) is 5.92 Å². The number of anilines is 1. The number of halogens is 2. The zero-order valence-electron chi connectivity index (χ0n) is 19.0. The molecule has 34 heavy (non-hydrogen) atoms. The Morgan fingerprint density at radius 1 is 1.21 bits per heavy atom. The Labute approximate surface area is 208 Å². The first-order chi connectivity index (χ1) is 16.3. The second kappa shape index (κ2) is 8.93. The van der Waals surface area contributed by atoms with Gasteiger partial charge in [-0.1, -0.05) is 43.1 Å². The van der Waals surface area contributed by atoms with Gasteiger partial charge in [0.1, 0.15) is 0 Å². The number of carbonyl (C=O) groups is 1. The highest BCUT2D eigenvalue weighted by Gasteiger charge is 2.28. The predicted octanol–water partition coefficient (Wildman–Crippen LogP) is 6.41. The fourth-order valence-corrected chi connectivity index (χ4v) is 4.63. The van der Waals surface area contributed by atoms with Crippen molar-refractivity contribution < 1.29 is 4.79 Å². The normalized spacial score (nSPS) is 13.6. The highest BCUT2D eigenvalue weighted by Crippen LogP contribution is 2.43. The number of imidazole rings is 1. The number of nitrogens with two attached hydrogens (primary N) is 1. The molecule has 1 amide bonds. The van der Waals surface area contributed by atoms with E-state index in [1.165, 1.54) is 0 Å². The van der Waals surface area contributed by atoms with Crippen LogP contribution in [-0.2, 0) is 0 Å². The molecule has 0 spiro atoms. The number of amides is 1. The number of nitrogens with one attached hydrogen (secondary N) is 1. The lowest BCUT2D eigenvalue weighted by molar-refractivity contribution is 0.0999. The average Bonchev–Trinajstić information content (AvgIpc) is 3.56. The monoisotopic (exact) mass is 493 g/mol. The molecule has 0 atom stereocenters. The largest absolute Gasteiger partial charge is 0.367 e. The number of hydrogen-bond donors (Lipinski definition) is 2. The van der Waals surface area contributed by atoms with Gasteiger partial charge in [0.15, 0.2) is 11.5 Å². The molecule has 0 radical (unpaired) electrons. The molecule has 1 saturated carbocycles. The van der Waals surface area contributed by atoms with E-state index in [0.717, 1.165) is 47.4 Å². The first-order valence-electron chi connectivity index (χ1n) is 11.3. The van der Waals surface area contributed by atoms with Gasteiger partial charge in [0.05, 0.1) is 22.6 Å². The summed E-state index contributed by atoms with van der Waals surface area (Å²) >= 11 is 12.6. The quantitative estimate of drug-likeness (QED) is 0.311. The van der Waals surface area contributed by atoms with E-state index in [1.54, 1.807) is 12.1 Å². The van der Waals surface area contributed by atoms with Gasteiger partial charge in [-0.05, 0) is 60.6 Å². The van der Waals surface area contributed by atoms with E-state index in [9.17, 15) is 4.79 Å². The maximum Gasteiger partial charge on any atom is 0.248 e. The lowest BCUT2D eigenvalue weighted by Gasteiger charge is -2.14. The number of nitrogens with zero attached hydrogens (tertiary/aromatic N) is 3. The second-order valence-electron chi connectivity index (χ2n) is 9.15. The van der Waals surface area contributed by atoms with Crippen molar-refractivity contribution in [3.8, 4) is 22.5 Å². The number of carbonyl (C=O) groups excluding carboxylic acids is 1. The minimum absolute atomic E-state index is 0.384. The van der Waals surface area contributed by atoms with E-state index in [-0.39, 0.29) is 0 Å². The molecule has 0 unspecified atom stereocenters. The van der Waals surface area contributed by atoms with Crippen LogP contribution in [0.25, 0.3) is 28.2 Å². The first-order valence-corrected chi connectivity index (χ1v) is 12.1. The zero-order valence-corrected chi connectivity index (χ0v) is 20.5. The van der Waals surface area contributed by atoms with Crippen LogP contribution < -0.4 is 11.1 Å². The van der Waals surface area contributed by atoms with Crippen molar-refractivity contribution in [3.63, 3.8) is 0 Å². The summed E-state index contributed by atoms with van der Waals surface area (Å²) in [5, 5.41) is 4.53. The van der Waals surface area contributed by atoms with Gasteiger partial charge in [-0.3, -0.25) is 9.20 Å². The molecule has 174 valence electrons. The van der Waals surface area contributed by atoms with Gasteiger partial charge in [0.25, 0.3) is 0 Å². The Balaban J connectivity index is 1.69. The molecule has 0 bridgehead atoms. The third-order valence-electron chi connectivity index (χ3n) is 6.01. The SMILES string of the molecule is CC(C)CNc1nc(-c2ccc(Cl)cc2Cl)cn2c(-c3ccc(C(N)=O)c(C4CC4)c3)cnc12. The molecule has 2 aromatic carbocycles. The van der Waals surface area contributed by atoms with Crippen LogP contribution in [0.5, 0.6) is 0 Å². The summed E-state index contributed by atoms with van der Waals surface area (Å²) in [7, 11) is 0. The third kappa shape index (κ3) is 4.36. The molecular formula is C26H25Cl2N5O. The van der Waals surface area contributed by atoms with Crippen molar-refractivity contribution in [2.75, 3.05) is 11.9 Å². The Morgan fingerprint density at radius 2 is 2.00 bits per heavy atom. The van der Waals surface area contributed by atoms with E-state index in [0.29, 0.717) is 39.0 Å². The van der Waals surface area contributed by atoms with Crippen molar-refractivity contribution in [3.05, 3.63) is 70.0 Å². The van der Waals surface area contributed by atoms with E-state index in [1.807, 2.05) is 35.0 Å². The van der Waals surface area contributed by atoms with Crippen LogP contribution in [0.15, 0.2) is 48.8 Å². The summed E-state index contributed by atoms with van der Waals surface area (Å²) in [6, 6.07) is 11.2. The summed E-state index contributed by atoms with van der Waals surface area (Å²) in [6.07, 6.45) is 5.92. The topological polar surface area (TPSA) is 85.3 Å². The van der Waals surface area contributed by atoms with E-state index < -0.39 is 5.91 Å². The molecule has 2 aromatic heterocycles. The average molecular weight is 494 g/mol. The number of hydrogen-bond acceptors (Lipinski definition) is 4. The Hall–Kier alpha value is -3.09. The van der Waals surface area contributed by atoms with Crippen LogP contribution in [0.3, 0.4) is 0 Å². The van der Waals surface area contributed by atoms with Crippen molar-refractivity contribution in [1.82, 2.24) is 14.4 Å². The molecule has 4 aromatic rings. The van der Waals surface area contributed by atoms with Gasteiger partial charge >= 0.3 is 0 Å². The van der Waals surface area contributed by atoms with Gasteiger partial charge < -0.3 is 11.1 Å². The van der Waals surface area contributed by atoms with Crippen LogP contribution in [-0.4, -0.2) is 26.8 Å². The van der Waals surface area contributed by atoms with Gasteiger partial charge in [0, 0.05) is 34.5 Å². The molecule has 2 heterocycles. The smallest absolute Gasteiger partial charge is 0.248 e. The third-order valence-corrected chi connectivity index (χ3v) is 6.55.